The molecule has 1 aromatic carbocycles. The number of anilines is 1. The molecule has 7 nitrogen and oxygen atoms in total. The quantitative estimate of drug-likeness (QED) is 0.542. The number of nitrogens with zero attached hydrogens (tertiary/aromatic N) is 4. The molecule has 0 unspecified atom stereocenters. The third-order valence-corrected chi connectivity index (χ3v) is 5.73. The molecule has 0 bridgehead atoms. The van der Waals surface area contributed by atoms with Crippen LogP contribution in [0.2, 0.25) is 5.15 Å². The van der Waals surface area contributed by atoms with Crippen molar-refractivity contribution in [1.29, 1.82) is 0 Å². The normalized spacial score (nSPS) is 15.8. The first kappa shape index (κ1) is 22.0. The van der Waals surface area contributed by atoms with Crippen molar-refractivity contribution in [2.45, 2.75) is 12.6 Å². The second-order valence-electron chi connectivity index (χ2n) is 7.65. The van der Waals surface area contributed by atoms with Crippen LogP contribution in [0.1, 0.15) is 28.0 Å². The molecule has 174 valence electrons. The first-order valence-electron chi connectivity index (χ1n) is 9.82. The number of halogens is 5. The maximum atomic E-state index is 14.1. The molecule has 0 atom stereocenters. The van der Waals surface area contributed by atoms with Crippen LogP contribution in [0.4, 0.5) is 23.2 Å². The summed E-state index contributed by atoms with van der Waals surface area (Å²) in [5.41, 5.74) is -1.15. The standard InChI is InChI=1S/C22H13ClF4N4O3/c23-19-18(28-20-14(22(25,26)27)7-12(9-31(19)20)11-1-2-11)21(34)29-5-6-30(17(33)10-29)16-4-3-13(32)8-15(16)24/h1,3-9,32H,2,10H2. The van der Waals surface area contributed by atoms with Crippen LogP contribution in [-0.2, 0) is 11.0 Å². The van der Waals surface area contributed by atoms with E-state index in [1.54, 1.807) is 6.08 Å². The van der Waals surface area contributed by atoms with Gasteiger partial charge in [-0.05, 0) is 35.8 Å². The largest absolute Gasteiger partial charge is 0.508 e. The van der Waals surface area contributed by atoms with E-state index in [0.717, 1.165) is 38.1 Å². The lowest BCUT2D eigenvalue weighted by Gasteiger charge is -2.28. The van der Waals surface area contributed by atoms with E-state index in [9.17, 15) is 32.3 Å². The zero-order valence-corrected chi connectivity index (χ0v) is 17.7. The summed E-state index contributed by atoms with van der Waals surface area (Å²) in [6.45, 7) is -0.538. The molecule has 0 fully saturated rings. The number of aromatic hydroxyl groups is 1. The van der Waals surface area contributed by atoms with E-state index in [1.807, 2.05) is 0 Å². The van der Waals surface area contributed by atoms with Gasteiger partial charge < -0.3 is 10.0 Å². The minimum absolute atomic E-state index is 0.145. The maximum absolute atomic E-state index is 14.1. The van der Waals surface area contributed by atoms with E-state index in [2.05, 4.69) is 4.98 Å². The molecule has 3 heterocycles. The van der Waals surface area contributed by atoms with Crippen molar-refractivity contribution >= 4 is 40.3 Å². The highest BCUT2D eigenvalue weighted by Gasteiger charge is 2.37. The summed E-state index contributed by atoms with van der Waals surface area (Å²) in [7, 11) is 0. The monoisotopic (exact) mass is 492 g/mol. The van der Waals surface area contributed by atoms with Crippen LogP contribution in [0.5, 0.6) is 5.75 Å². The Morgan fingerprint density at radius 3 is 2.53 bits per heavy atom. The number of imidazole rings is 1. The van der Waals surface area contributed by atoms with Gasteiger partial charge in [0, 0.05) is 24.7 Å². The molecule has 2 aliphatic rings. The van der Waals surface area contributed by atoms with Crippen molar-refractivity contribution in [1.82, 2.24) is 14.3 Å². The number of carbonyl (C=O) groups excluding carboxylic acids is 2. The number of phenols is 1. The Balaban J connectivity index is 1.51. The molecule has 1 aliphatic heterocycles. The average molecular weight is 493 g/mol. The fourth-order valence-corrected chi connectivity index (χ4v) is 3.86. The Morgan fingerprint density at radius 1 is 1.18 bits per heavy atom. The first-order chi connectivity index (χ1) is 16.0. The number of hydrogen-bond donors (Lipinski definition) is 1. The van der Waals surface area contributed by atoms with Crippen LogP contribution in [0.25, 0.3) is 11.2 Å². The Kier molecular flexibility index (Phi) is 4.90. The molecule has 2 aromatic heterocycles. The van der Waals surface area contributed by atoms with Gasteiger partial charge in [-0.3, -0.25) is 18.9 Å². The van der Waals surface area contributed by atoms with E-state index in [0.29, 0.717) is 12.0 Å². The van der Waals surface area contributed by atoms with Gasteiger partial charge in [0.2, 0.25) is 0 Å². The summed E-state index contributed by atoms with van der Waals surface area (Å²) >= 11 is 6.26. The molecule has 1 N–H and O–H groups in total. The predicted octanol–water partition coefficient (Wildman–Crippen LogP) is 4.60. The number of pyridine rings is 1. The van der Waals surface area contributed by atoms with Gasteiger partial charge in [-0.25, -0.2) is 9.37 Å². The fraction of sp³-hybridized carbons (Fsp3) is 0.136. The molecule has 3 aromatic rings. The summed E-state index contributed by atoms with van der Waals surface area (Å²) in [5, 5.41) is 9.01. The molecular weight excluding hydrogens is 480 g/mol. The molecule has 5 rings (SSSR count). The third-order valence-electron chi connectivity index (χ3n) is 5.37. The summed E-state index contributed by atoms with van der Waals surface area (Å²) in [5.74, 6) is -2.78. The van der Waals surface area contributed by atoms with Gasteiger partial charge in [0.25, 0.3) is 11.8 Å². The van der Waals surface area contributed by atoms with Gasteiger partial charge in [0.15, 0.2) is 17.2 Å². The molecule has 0 radical (unpaired) electrons. The van der Waals surface area contributed by atoms with Crippen molar-refractivity contribution in [2.75, 3.05) is 11.4 Å². The zero-order valence-electron chi connectivity index (χ0n) is 17.0. The lowest BCUT2D eigenvalue weighted by molar-refractivity contribution is -0.136. The summed E-state index contributed by atoms with van der Waals surface area (Å²) in [6, 6.07) is 4.17. The first-order valence-corrected chi connectivity index (χ1v) is 10.2. The Labute approximate surface area is 193 Å². The predicted molar refractivity (Wildman–Crippen MR) is 114 cm³/mol. The molecule has 2 amide bonds. The number of rotatable bonds is 3. The minimum atomic E-state index is -4.74. The van der Waals surface area contributed by atoms with Crippen molar-refractivity contribution in [3.05, 3.63) is 76.7 Å². The number of benzene rings is 1. The molecule has 34 heavy (non-hydrogen) atoms. The van der Waals surface area contributed by atoms with E-state index in [1.165, 1.54) is 24.5 Å². The highest BCUT2D eigenvalue weighted by atomic mass is 35.5. The zero-order chi connectivity index (χ0) is 24.4. The number of carbonyl (C=O) groups is 2. The third kappa shape index (κ3) is 3.67. The lowest BCUT2D eigenvalue weighted by atomic mass is 10.1. The number of allylic oxidation sites excluding steroid dienone is 2. The smallest absolute Gasteiger partial charge is 0.420 e. The average Bonchev–Trinajstić information content (AvgIpc) is 3.56. The Bertz CT molecular complexity index is 1440. The van der Waals surface area contributed by atoms with Gasteiger partial charge in [-0.15, -0.1) is 0 Å². The Hall–Kier alpha value is -3.86. The Morgan fingerprint density at radius 2 is 1.91 bits per heavy atom. The summed E-state index contributed by atoms with van der Waals surface area (Å²) < 4.78 is 56.2. The van der Waals surface area contributed by atoms with Crippen LogP contribution < -0.4 is 4.90 Å². The number of alkyl halides is 3. The van der Waals surface area contributed by atoms with Crippen LogP contribution >= 0.6 is 11.6 Å². The number of hydrogen-bond acceptors (Lipinski definition) is 4. The van der Waals surface area contributed by atoms with Crippen molar-refractivity contribution in [3.8, 4) is 5.75 Å². The lowest BCUT2D eigenvalue weighted by Crippen LogP contribution is -2.43. The van der Waals surface area contributed by atoms with E-state index < -0.39 is 47.3 Å². The fourth-order valence-electron chi connectivity index (χ4n) is 3.61. The van der Waals surface area contributed by atoms with Gasteiger partial charge >= 0.3 is 6.18 Å². The molecule has 1 aliphatic carbocycles. The van der Waals surface area contributed by atoms with Gasteiger partial charge in [0.05, 0.1) is 11.3 Å². The molecule has 12 heteroatoms. The molecule has 0 saturated carbocycles. The summed E-state index contributed by atoms with van der Waals surface area (Å²) in [6.07, 6.45) is 1.24. The van der Waals surface area contributed by atoms with Gasteiger partial charge in [-0.1, -0.05) is 17.7 Å². The second-order valence-corrected chi connectivity index (χ2v) is 8.01. The van der Waals surface area contributed by atoms with Crippen molar-refractivity contribution < 1.29 is 32.3 Å². The highest BCUT2D eigenvalue weighted by Crippen LogP contribution is 2.39. The number of amides is 2. The van der Waals surface area contributed by atoms with Gasteiger partial charge in [0.1, 0.15) is 17.4 Å². The van der Waals surface area contributed by atoms with E-state index in [-0.39, 0.29) is 16.6 Å². The van der Waals surface area contributed by atoms with Crippen LogP contribution in [-0.4, -0.2) is 37.8 Å². The maximum Gasteiger partial charge on any atom is 0.420 e. The van der Waals surface area contributed by atoms with E-state index >= 15 is 0 Å². The highest BCUT2D eigenvalue weighted by molar-refractivity contribution is 6.33. The number of phenolic OH excluding ortho intramolecular Hbond substituents is 1. The summed E-state index contributed by atoms with van der Waals surface area (Å²) in [4.78, 5) is 31.3. The van der Waals surface area contributed by atoms with Crippen LogP contribution in [0, 0.1) is 5.82 Å². The molecular formula is C22H13ClF4N4O3. The molecule has 0 spiro atoms. The van der Waals surface area contributed by atoms with Crippen LogP contribution in [0.15, 0.2) is 48.9 Å². The van der Waals surface area contributed by atoms with Crippen molar-refractivity contribution in [2.24, 2.45) is 0 Å². The van der Waals surface area contributed by atoms with E-state index in [4.69, 9.17) is 11.6 Å². The van der Waals surface area contributed by atoms with Crippen LogP contribution in [0.3, 0.4) is 0 Å². The number of fused-ring (bicyclic) bond motifs is 1. The van der Waals surface area contributed by atoms with Crippen molar-refractivity contribution in [3.63, 3.8) is 0 Å². The SMILES string of the molecule is O=C(c1nc2c(C(F)(F)F)cc(C3=CC3)cn2c1Cl)N1C=CN(c2ccc(O)cc2F)C(=O)C1. The topological polar surface area (TPSA) is 78.2 Å². The van der Waals surface area contributed by atoms with Gasteiger partial charge in [-0.2, -0.15) is 13.2 Å². The second kappa shape index (κ2) is 7.59. The molecule has 0 saturated heterocycles. The number of aromatic nitrogens is 2. The minimum Gasteiger partial charge on any atom is -0.508 e.